The van der Waals surface area contributed by atoms with Crippen molar-refractivity contribution < 1.29 is 4.79 Å². The molecule has 0 aromatic carbocycles. The zero-order chi connectivity index (χ0) is 14.2. The molecule has 0 aliphatic heterocycles. The summed E-state index contributed by atoms with van der Waals surface area (Å²) in [4.78, 5) is 13.8. The molecule has 0 rings (SSSR count). The molecule has 0 fully saturated rings. The molecule has 0 spiro atoms. The number of amides is 1. The topological polar surface area (TPSA) is 70.1 Å². The summed E-state index contributed by atoms with van der Waals surface area (Å²) in [5.74, 6) is 0.0376. The Bertz CT molecular complexity index is 294. The van der Waals surface area contributed by atoms with Crippen LogP contribution < -0.4 is 5.73 Å². The van der Waals surface area contributed by atoms with Crippen molar-refractivity contribution in [2.75, 3.05) is 19.6 Å². The van der Waals surface area contributed by atoms with Gasteiger partial charge in [-0.25, -0.2) is 0 Å². The van der Waals surface area contributed by atoms with Crippen LogP contribution in [0.3, 0.4) is 0 Å². The summed E-state index contributed by atoms with van der Waals surface area (Å²) in [6, 6.07) is 2.17. The zero-order valence-electron chi connectivity index (χ0n) is 12.2. The summed E-state index contributed by atoms with van der Waals surface area (Å²) in [6.07, 6.45) is 2.32. The third-order valence-corrected chi connectivity index (χ3v) is 3.29. The lowest BCUT2D eigenvalue weighted by molar-refractivity contribution is -0.132. The second-order valence-corrected chi connectivity index (χ2v) is 5.67. The molecule has 0 aliphatic carbocycles. The molecule has 1 atom stereocenters. The fraction of sp³-hybridized carbons (Fsp3) is 0.857. The van der Waals surface area contributed by atoms with E-state index in [0.29, 0.717) is 26.1 Å². The van der Waals surface area contributed by atoms with E-state index in [-0.39, 0.29) is 17.2 Å². The van der Waals surface area contributed by atoms with Gasteiger partial charge >= 0.3 is 0 Å². The molecule has 0 radical (unpaired) electrons. The van der Waals surface area contributed by atoms with Gasteiger partial charge in [0.05, 0.1) is 12.0 Å². The maximum atomic E-state index is 12.1. The Kier molecular flexibility index (Phi) is 7.61. The van der Waals surface area contributed by atoms with E-state index in [9.17, 15) is 4.79 Å². The van der Waals surface area contributed by atoms with Gasteiger partial charge in [-0.15, -0.1) is 0 Å². The number of nitrogens with zero attached hydrogens (tertiary/aromatic N) is 2. The predicted molar refractivity (Wildman–Crippen MR) is 73.7 cm³/mol. The van der Waals surface area contributed by atoms with Gasteiger partial charge in [0.2, 0.25) is 5.91 Å². The van der Waals surface area contributed by atoms with E-state index >= 15 is 0 Å². The molecule has 4 heteroatoms. The average Bonchev–Trinajstić information content (AvgIpc) is 2.32. The number of carbonyl (C=O) groups excluding carboxylic acids is 1. The van der Waals surface area contributed by atoms with Crippen molar-refractivity contribution in [1.29, 1.82) is 5.26 Å². The minimum atomic E-state index is -0.106. The minimum absolute atomic E-state index is 0.106. The number of nitrogens with two attached hydrogens (primary N) is 1. The van der Waals surface area contributed by atoms with Crippen molar-refractivity contribution in [3.8, 4) is 6.07 Å². The van der Waals surface area contributed by atoms with E-state index in [0.717, 1.165) is 12.8 Å². The monoisotopic (exact) mass is 253 g/mol. The van der Waals surface area contributed by atoms with Gasteiger partial charge in [0, 0.05) is 19.5 Å². The highest BCUT2D eigenvalue weighted by atomic mass is 16.2. The molecule has 104 valence electrons. The summed E-state index contributed by atoms with van der Waals surface area (Å²) < 4.78 is 0. The highest BCUT2D eigenvalue weighted by Gasteiger charge is 2.21. The molecule has 0 bridgehead atoms. The first-order valence-electron chi connectivity index (χ1n) is 6.73. The SMILES string of the molecule is CCN(CC(C)C#N)C(=O)CCC(C)(C)CCN. The van der Waals surface area contributed by atoms with Crippen LogP contribution in [0.25, 0.3) is 0 Å². The van der Waals surface area contributed by atoms with Crippen LogP contribution in [-0.4, -0.2) is 30.4 Å². The van der Waals surface area contributed by atoms with E-state index in [1.807, 2.05) is 13.8 Å². The van der Waals surface area contributed by atoms with Gasteiger partial charge in [-0.2, -0.15) is 5.26 Å². The van der Waals surface area contributed by atoms with Crippen LogP contribution >= 0.6 is 0 Å². The summed E-state index contributed by atoms with van der Waals surface area (Å²) in [7, 11) is 0. The molecule has 0 aromatic rings. The predicted octanol–water partition coefficient (Wildman–Crippen LogP) is 2.15. The Labute approximate surface area is 111 Å². The van der Waals surface area contributed by atoms with E-state index in [2.05, 4.69) is 19.9 Å². The molecule has 0 saturated heterocycles. The molecule has 18 heavy (non-hydrogen) atoms. The summed E-state index contributed by atoms with van der Waals surface area (Å²) in [5.41, 5.74) is 5.68. The van der Waals surface area contributed by atoms with Crippen LogP contribution in [0.1, 0.15) is 47.0 Å². The Hall–Kier alpha value is -1.08. The van der Waals surface area contributed by atoms with E-state index in [1.54, 1.807) is 4.90 Å². The van der Waals surface area contributed by atoms with Gasteiger partial charge in [0.25, 0.3) is 0 Å². The third kappa shape index (κ3) is 6.61. The Morgan fingerprint density at radius 2 is 2.06 bits per heavy atom. The van der Waals surface area contributed by atoms with Crippen molar-refractivity contribution in [3.63, 3.8) is 0 Å². The van der Waals surface area contributed by atoms with Crippen LogP contribution in [0, 0.1) is 22.7 Å². The Morgan fingerprint density at radius 1 is 1.44 bits per heavy atom. The first kappa shape index (κ1) is 16.9. The molecule has 1 amide bonds. The van der Waals surface area contributed by atoms with E-state index in [1.165, 1.54) is 0 Å². The molecule has 0 aromatic heterocycles. The first-order chi connectivity index (χ1) is 8.36. The molecule has 4 nitrogen and oxygen atoms in total. The molecule has 0 aliphatic rings. The van der Waals surface area contributed by atoms with Gasteiger partial charge in [-0.1, -0.05) is 13.8 Å². The summed E-state index contributed by atoms with van der Waals surface area (Å²) in [5, 5.41) is 8.79. The fourth-order valence-electron chi connectivity index (χ4n) is 1.90. The number of rotatable bonds is 8. The van der Waals surface area contributed by atoms with Crippen molar-refractivity contribution in [1.82, 2.24) is 4.90 Å². The van der Waals surface area contributed by atoms with Crippen molar-refractivity contribution in [2.45, 2.75) is 47.0 Å². The normalized spacial score (nSPS) is 12.9. The number of hydrogen-bond donors (Lipinski definition) is 1. The first-order valence-corrected chi connectivity index (χ1v) is 6.73. The number of nitriles is 1. The number of carbonyl (C=O) groups is 1. The lowest BCUT2D eigenvalue weighted by Crippen LogP contribution is -2.35. The van der Waals surface area contributed by atoms with Gasteiger partial charge in [0.1, 0.15) is 0 Å². The Balaban J connectivity index is 4.25. The molecule has 0 heterocycles. The van der Waals surface area contributed by atoms with Gasteiger partial charge < -0.3 is 10.6 Å². The Morgan fingerprint density at radius 3 is 2.50 bits per heavy atom. The van der Waals surface area contributed by atoms with Crippen LogP contribution in [0.4, 0.5) is 0 Å². The lowest BCUT2D eigenvalue weighted by Gasteiger charge is -2.26. The smallest absolute Gasteiger partial charge is 0.222 e. The van der Waals surface area contributed by atoms with E-state index in [4.69, 9.17) is 11.0 Å². The minimum Gasteiger partial charge on any atom is -0.342 e. The van der Waals surface area contributed by atoms with Crippen LogP contribution in [0.15, 0.2) is 0 Å². The van der Waals surface area contributed by atoms with Crippen LogP contribution in [0.2, 0.25) is 0 Å². The lowest BCUT2D eigenvalue weighted by atomic mass is 9.84. The maximum absolute atomic E-state index is 12.1. The summed E-state index contributed by atoms with van der Waals surface area (Å²) in [6.45, 7) is 9.93. The molecule has 1 unspecified atom stereocenters. The van der Waals surface area contributed by atoms with Crippen LogP contribution in [0.5, 0.6) is 0 Å². The maximum Gasteiger partial charge on any atom is 0.222 e. The van der Waals surface area contributed by atoms with E-state index < -0.39 is 0 Å². The van der Waals surface area contributed by atoms with Gasteiger partial charge in [-0.05, 0) is 38.6 Å². The molecule has 0 saturated carbocycles. The standard InChI is InChI=1S/C14H27N3O/c1-5-17(11-12(2)10-16)13(18)6-7-14(3,4)8-9-15/h12H,5-9,11,15H2,1-4H3. The largest absolute Gasteiger partial charge is 0.342 e. The quantitative estimate of drug-likeness (QED) is 0.720. The van der Waals surface area contributed by atoms with Crippen LogP contribution in [-0.2, 0) is 4.79 Å². The second-order valence-electron chi connectivity index (χ2n) is 5.67. The highest BCUT2D eigenvalue weighted by Crippen LogP contribution is 2.26. The van der Waals surface area contributed by atoms with Crippen molar-refractivity contribution >= 4 is 5.91 Å². The average molecular weight is 253 g/mol. The zero-order valence-corrected chi connectivity index (χ0v) is 12.2. The van der Waals surface area contributed by atoms with Crippen molar-refractivity contribution in [3.05, 3.63) is 0 Å². The second kappa shape index (κ2) is 8.10. The fourth-order valence-corrected chi connectivity index (χ4v) is 1.90. The van der Waals surface area contributed by atoms with Gasteiger partial charge in [-0.3, -0.25) is 4.79 Å². The van der Waals surface area contributed by atoms with Crippen molar-refractivity contribution in [2.24, 2.45) is 17.1 Å². The molecular weight excluding hydrogens is 226 g/mol. The third-order valence-electron chi connectivity index (χ3n) is 3.29. The van der Waals surface area contributed by atoms with Gasteiger partial charge in [0.15, 0.2) is 0 Å². The highest BCUT2D eigenvalue weighted by molar-refractivity contribution is 5.76. The summed E-state index contributed by atoms with van der Waals surface area (Å²) >= 11 is 0. The number of hydrogen-bond acceptors (Lipinski definition) is 3. The molecular formula is C14H27N3O. The molecule has 2 N–H and O–H groups in total.